The van der Waals surface area contributed by atoms with Gasteiger partial charge in [0.25, 0.3) is 0 Å². The first-order valence-electron chi connectivity index (χ1n) is 5.01. The SMILES string of the molecule is O=C(O)Cc1cccc(Cn2cccn2)c1. The summed E-state index contributed by atoms with van der Waals surface area (Å²) in [5.74, 6) is -0.809. The van der Waals surface area contributed by atoms with Crippen LogP contribution in [0.2, 0.25) is 0 Å². The van der Waals surface area contributed by atoms with E-state index in [-0.39, 0.29) is 6.42 Å². The van der Waals surface area contributed by atoms with Crippen molar-refractivity contribution in [2.45, 2.75) is 13.0 Å². The lowest BCUT2D eigenvalue weighted by atomic mass is 10.1. The van der Waals surface area contributed by atoms with E-state index >= 15 is 0 Å². The first-order chi connectivity index (χ1) is 7.74. The van der Waals surface area contributed by atoms with Gasteiger partial charge in [-0.1, -0.05) is 24.3 Å². The second kappa shape index (κ2) is 4.61. The molecule has 1 heterocycles. The molecule has 0 aliphatic carbocycles. The Bertz CT molecular complexity index is 478. The van der Waals surface area contributed by atoms with Gasteiger partial charge in [0.1, 0.15) is 0 Å². The molecule has 2 aromatic rings. The molecule has 0 saturated heterocycles. The van der Waals surface area contributed by atoms with E-state index in [1.54, 1.807) is 10.9 Å². The highest BCUT2D eigenvalue weighted by Gasteiger charge is 2.01. The van der Waals surface area contributed by atoms with Crippen LogP contribution in [-0.2, 0) is 17.8 Å². The third-order valence-electron chi connectivity index (χ3n) is 2.25. The Balaban J connectivity index is 2.13. The third-order valence-corrected chi connectivity index (χ3v) is 2.25. The Morgan fingerprint density at radius 2 is 2.12 bits per heavy atom. The quantitative estimate of drug-likeness (QED) is 0.843. The van der Waals surface area contributed by atoms with E-state index in [4.69, 9.17) is 5.11 Å². The molecule has 0 amide bonds. The van der Waals surface area contributed by atoms with Crippen LogP contribution < -0.4 is 0 Å². The smallest absolute Gasteiger partial charge is 0.307 e. The van der Waals surface area contributed by atoms with Gasteiger partial charge in [-0.2, -0.15) is 5.10 Å². The molecule has 0 saturated carbocycles. The van der Waals surface area contributed by atoms with E-state index in [1.165, 1.54) is 0 Å². The summed E-state index contributed by atoms with van der Waals surface area (Å²) in [4.78, 5) is 10.6. The molecule has 0 radical (unpaired) electrons. The van der Waals surface area contributed by atoms with E-state index in [2.05, 4.69) is 5.10 Å². The number of hydrogen-bond acceptors (Lipinski definition) is 2. The molecular formula is C12H12N2O2. The topological polar surface area (TPSA) is 55.1 Å². The molecule has 0 aliphatic rings. The minimum Gasteiger partial charge on any atom is -0.481 e. The summed E-state index contributed by atoms with van der Waals surface area (Å²) in [6, 6.07) is 9.42. The first kappa shape index (κ1) is 10.4. The van der Waals surface area contributed by atoms with Crippen LogP contribution >= 0.6 is 0 Å². The van der Waals surface area contributed by atoms with Gasteiger partial charge in [0.15, 0.2) is 0 Å². The Labute approximate surface area is 93.1 Å². The van der Waals surface area contributed by atoms with Crippen LogP contribution in [0.3, 0.4) is 0 Å². The van der Waals surface area contributed by atoms with Crippen molar-refractivity contribution in [1.29, 1.82) is 0 Å². The van der Waals surface area contributed by atoms with E-state index in [0.717, 1.165) is 11.1 Å². The number of carbonyl (C=O) groups is 1. The van der Waals surface area contributed by atoms with E-state index < -0.39 is 5.97 Å². The summed E-state index contributed by atoms with van der Waals surface area (Å²) in [7, 11) is 0. The maximum atomic E-state index is 10.6. The van der Waals surface area contributed by atoms with Gasteiger partial charge in [-0.3, -0.25) is 9.48 Å². The van der Waals surface area contributed by atoms with Crippen molar-refractivity contribution in [3.63, 3.8) is 0 Å². The second-order valence-electron chi connectivity index (χ2n) is 3.59. The zero-order valence-electron chi connectivity index (χ0n) is 8.71. The van der Waals surface area contributed by atoms with Gasteiger partial charge in [-0.25, -0.2) is 0 Å². The molecule has 1 N–H and O–H groups in total. The maximum absolute atomic E-state index is 10.6. The molecule has 0 fully saturated rings. The summed E-state index contributed by atoms with van der Waals surface area (Å²) in [6.45, 7) is 0.667. The number of hydrogen-bond donors (Lipinski definition) is 1. The van der Waals surface area contributed by atoms with E-state index in [9.17, 15) is 4.79 Å². The Hall–Kier alpha value is -2.10. The van der Waals surface area contributed by atoms with Crippen molar-refractivity contribution >= 4 is 5.97 Å². The number of nitrogens with zero attached hydrogens (tertiary/aromatic N) is 2. The van der Waals surface area contributed by atoms with Crippen LogP contribution in [0.1, 0.15) is 11.1 Å². The van der Waals surface area contributed by atoms with Crippen LogP contribution in [0.25, 0.3) is 0 Å². The number of rotatable bonds is 4. The normalized spacial score (nSPS) is 10.2. The van der Waals surface area contributed by atoms with Crippen LogP contribution in [-0.4, -0.2) is 20.9 Å². The summed E-state index contributed by atoms with van der Waals surface area (Å²) in [5, 5.41) is 12.8. The predicted octanol–water partition coefficient (Wildman–Crippen LogP) is 1.56. The first-order valence-corrected chi connectivity index (χ1v) is 5.01. The fraction of sp³-hybridized carbons (Fsp3) is 0.167. The maximum Gasteiger partial charge on any atom is 0.307 e. The molecule has 0 spiro atoms. The Morgan fingerprint density at radius 1 is 1.31 bits per heavy atom. The lowest BCUT2D eigenvalue weighted by Gasteiger charge is -2.04. The molecule has 4 nitrogen and oxygen atoms in total. The van der Waals surface area contributed by atoms with Crippen LogP contribution in [0, 0.1) is 0 Å². The molecule has 0 bridgehead atoms. The summed E-state index contributed by atoms with van der Waals surface area (Å²) < 4.78 is 1.81. The average Bonchev–Trinajstić information content (AvgIpc) is 2.70. The van der Waals surface area contributed by atoms with Gasteiger partial charge >= 0.3 is 5.97 Å². The van der Waals surface area contributed by atoms with Gasteiger partial charge in [0.05, 0.1) is 13.0 Å². The van der Waals surface area contributed by atoms with Gasteiger partial charge in [-0.15, -0.1) is 0 Å². The number of aliphatic carboxylic acids is 1. The molecule has 0 atom stereocenters. The van der Waals surface area contributed by atoms with Crippen molar-refractivity contribution in [3.8, 4) is 0 Å². The molecule has 1 aromatic heterocycles. The summed E-state index contributed by atoms with van der Waals surface area (Å²) in [5.41, 5.74) is 1.87. The minimum absolute atomic E-state index is 0.0624. The van der Waals surface area contributed by atoms with Gasteiger partial charge in [0, 0.05) is 12.4 Å². The van der Waals surface area contributed by atoms with Gasteiger partial charge < -0.3 is 5.11 Å². The predicted molar refractivity (Wildman–Crippen MR) is 59.1 cm³/mol. The lowest BCUT2D eigenvalue weighted by molar-refractivity contribution is -0.136. The monoisotopic (exact) mass is 216 g/mol. The zero-order chi connectivity index (χ0) is 11.4. The van der Waals surface area contributed by atoms with Crippen LogP contribution in [0.4, 0.5) is 0 Å². The fourth-order valence-electron chi connectivity index (χ4n) is 1.59. The molecule has 0 unspecified atom stereocenters. The highest BCUT2D eigenvalue weighted by molar-refractivity contribution is 5.70. The van der Waals surface area contributed by atoms with Crippen molar-refractivity contribution in [2.24, 2.45) is 0 Å². The Kier molecular flexibility index (Phi) is 3.00. The van der Waals surface area contributed by atoms with Gasteiger partial charge in [-0.05, 0) is 17.2 Å². The molecule has 1 aromatic carbocycles. The number of benzene rings is 1. The molecular weight excluding hydrogens is 204 g/mol. The molecule has 4 heteroatoms. The number of carboxylic acids is 1. The third kappa shape index (κ3) is 2.70. The molecule has 0 aliphatic heterocycles. The fourth-order valence-corrected chi connectivity index (χ4v) is 1.59. The summed E-state index contributed by atoms with van der Waals surface area (Å²) >= 11 is 0. The van der Waals surface area contributed by atoms with E-state index in [1.807, 2.05) is 36.5 Å². The second-order valence-corrected chi connectivity index (χ2v) is 3.59. The van der Waals surface area contributed by atoms with Crippen molar-refractivity contribution in [3.05, 3.63) is 53.9 Å². The highest BCUT2D eigenvalue weighted by Crippen LogP contribution is 2.07. The Morgan fingerprint density at radius 3 is 2.81 bits per heavy atom. The van der Waals surface area contributed by atoms with E-state index in [0.29, 0.717) is 6.54 Å². The molecule has 2 rings (SSSR count). The highest BCUT2D eigenvalue weighted by atomic mass is 16.4. The lowest BCUT2D eigenvalue weighted by Crippen LogP contribution is -2.03. The van der Waals surface area contributed by atoms with Gasteiger partial charge in [0.2, 0.25) is 0 Å². The van der Waals surface area contributed by atoms with Crippen LogP contribution in [0.15, 0.2) is 42.7 Å². The minimum atomic E-state index is -0.809. The largest absolute Gasteiger partial charge is 0.481 e. The standard InChI is InChI=1S/C12H12N2O2/c15-12(16)8-10-3-1-4-11(7-10)9-14-6-2-5-13-14/h1-7H,8-9H2,(H,15,16). The van der Waals surface area contributed by atoms with Crippen molar-refractivity contribution in [1.82, 2.24) is 9.78 Å². The van der Waals surface area contributed by atoms with Crippen LogP contribution in [0.5, 0.6) is 0 Å². The number of aromatic nitrogens is 2. The van der Waals surface area contributed by atoms with Crippen molar-refractivity contribution in [2.75, 3.05) is 0 Å². The van der Waals surface area contributed by atoms with Crippen molar-refractivity contribution < 1.29 is 9.90 Å². The summed E-state index contributed by atoms with van der Waals surface area (Å²) in [6.07, 6.45) is 3.66. The number of carboxylic acid groups (broad SMARTS) is 1. The zero-order valence-corrected chi connectivity index (χ0v) is 8.71. The molecule has 82 valence electrons. The average molecular weight is 216 g/mol. The molecule has 16 heavy (non-hydrogen) atoms.